The second-order valence-electron chi connectivity index (χ2n) is 12.9. The maximum atomic E-state index is 4.97. The third-order valence-corrected chi connectivity index (χ3v) is 7.36. The maximum absolute atomic E-state index is 4.97. The van der Waals surface area contributed by atoms with Gasteiger partial charge in [0.15, 0.2) is 0 Å². The molecule has 0 spiro atoms. The van der Waals surface area contributed by atoms with Gasteiger partial charge in [-0.1, -0.05) is 151 Å². The van der Waals surface area contributed by atoms with E-state index in [4.69, 9.17) is 75.1 Å². The number of hydrogen-bond donors (Lipinski definition) is 0. The Morgan fingerprint density at radius 3 is 0.857 bits per heavy atom. The van der Waals surface area contributed by atoms with Gasteiger partial charge in [-0.3, -0.25) is 0 Å². The van der Waals surface area contributed by atoms with Crippen molar-refractivity contribution in [3.63, 3.8) is 0 Å². The standard InChI is InChI=1S/2C13H23N2Si2.6ClH.2Ti/c2*1-16(2,3)14-13(15-17(4,5)6)12-10-8-7-9-11-12;;;;;;;;/h2*7-11H,1-6H3;6*1H;;/q2*-1;;;;;;;2*+4/p-6. The van der Waals surface area contributed by atoms with Crippen LogP contribution in [0.5, 0.6) is 0 Å². The van der Waals surface area contributed by atoms with Gasteiger partial charge in [0, 0.05) is 32.9 Å². The third-order valence-electron chi connectivity index (χ3n) is 3.83. The van der Waals surface area contributed by atoms with E-state index in [1.807, 2.05) is 12.1 Å². The average Bonchev–Trinajstić information content (AvgIpc) is 2.75. The van der Waals surface area contributed by atoms with Crippen LogP contribution in [-0.4, -0.2) is 44.6 Å². The number of amidine groups is 2. The van der Waals surface area contributed by atoms with Crippen molar-refractivity contribution in [2.45, 2.75) is 78.6 Å². The molecule has 0 heterocycles. The van der Waals surface area contributed by atoms with Crippen LogP contribution in [0.2, 0.25) is 78.6 Å². The number of benzene rings is 2. The summed E-state index contributed by atoms with van der Waals surface area (Å²) < 4.78 is 9.78. The predicted octanol–water partition coefficient (Wildman–Crippen LogP) is 13.1. The summed E-state index contributed by atoms with van der Waals surface area (Å²) in [5, 5.41) is 0. The van der Waals surface area contributed by atoms with Crippen LogP contribution in [0.25, 0.3) is 9.96 Å². The van der Waals surface area contributed by atoms with E-state index in [9.17, 15) is 0 Å². The van der Waals surface area contributed by atoms with Crippen LogP contribution < -0.4 is 0 Å². The predicted molar refractivity (Wildman–Crippen MR) is 201 cm³/mol. The molecule has 2 rings (SSSR count). The first-order chi connectivity index (χ1) is 18.8. The summed E-state index contributed by atoms with van der Waals surface area (Å²) in [5.74, 6) is 1.92. The molecule has 4 nitrogen and oxygen atoms in total. The van der Waals surface area contributed by atoms with Gasteiger partial charge >= 0.3 is 85.2 Å². The molecule has 0 aromatic heterocycles. The van der Waals surface area contributed by atoms with Gasteiger partial charge in [-0.25, -0.2) is 0 Å². The Kier molecular flexibility index (Phi) is 23.9. The summed E-state index contributed by atoms with van der Waals surface area (Å²) >= 11 is -3.83. The van der Waals surface area contributed by atoms with Gasteiger partial charge in [-0.05, 0) is 11.1 Å². The molecule has 0 aliphatic heterocycles. The Bertz CT molecular complexity index is 966. The van der Waals surface area contributed by atoms with E-state index in [1.54, 1.807) is 0 Å². The molecule has 0 unspecified atom stereocenters. The quantitative estimate of drug-likeness (QED) is 0.158. The van der Waals surface area contributed by atoms with Crippen LogP contribution in [0, 0.1) is 0 Å². The van der Waals surface area contributed by atoms with Gasteiger partial charge in [0.1, 0.15) is 0 Å². The number of rotatable bonds is 6. The van der Waals surface area contributed by atoms with E-state index >= 15 is 0 Å². The Morgan fingerprint density at radius 1 is 0.476 bits per heavy atom. The SMILES string of the molecule is C[Si](C)(C)/N=C(/[N-][Si](C)(C)C)c1ccccc1.C[Si](C)(C)/N=C(/[N-][Si](C)(C)C)c1ccccc1.[Cl][Ti+]([Cl])[Cl].[Cl][Ti+]([Cl])[Cl]. The molecule has 0 aliphatic rings. The van der Waals surface area contributed by atoms with Gasteiger partial charge in [0.2, 0.25) is 0 Å². The number of halogens is 6. The number of hydrogen-bond acceptors (Lipinski definition) is 2. The summed E-state index contributed by atoms with van der Waals surface area (Å²) in [4.78, 5) is 9.78. The first-order valence-electron chi connectivity index (χ1n) is 13.2. The molecule has 236 valence electrons. The normalized spacial score (nSPS) is 12.3. The molecule has 16 heteroatoms. The molecule has 0 N–H and O–H groups in total. The van der Waals surface area contributed by atoms with Crippen molar-refractivity contribution < 1.29 is 29.4 Å². The molecule has 0 saturated carbocycles. The van der Waals surface area contributed by atoms with Crippen molar-refractivity contribution in [2.75, 3.05) is 0 Å². The van der Waals surface area contributed by atoms with Crippen LogP contribution in [0.4, 0.5) is 0 Å². The minimum absolute atomic E-state index is 0.962. The molecule has 0 fully saturated rings. The minimum atomic E-state index is -1.92. The molecular weight excluding hydrogens is 789 g/mol. The topological polar surface area (TPSA) is 52.9 Å². The Morgan fingerprint density at radius 2 is 0.690 bits per heavy atom. The zero-order chi connectivity index (χ0) is 33.4. The Hall–Kier alpha value is 1.42. The Labute approximate surface area is 296 Å². The fourth-order valence-electron chi connectivity index (χ4n) is 2.75. The second-order valence-corrected chi connectivity index (χ2v) is 46.7. The van der Waals surface area contributed by atoms with E-state index in [0.717, 1.165) is 22.8 Å². The van der Waals surface area contributed by atoms with Crippen molar-refractivity contribution in [1.82, 2.24) is 0 Å². The van der Waals surface area contributed by atoms with Crippen molar-refractivity contribution >= 4 is 100 Å². The summed E-state index contributed by atoms with van der Waals surface area (Å²) in [6, 6.07) is 20.7. The average molecular weight is 835 g/mol. The molecule has 0 amide bonds. The molecule has 2 aromatic rings. The van der Waals surface area contributed by atoms with Crippen LogP contribution in [-0.2, 0) is 29.4 Å². The summed E-state index contributed by atoms with van der Waals surface area (Å²) in [6.45, 7) is 26.9. The molecule has 0 aliphatic carbocycles. The molecule has 42 heavy (non-hydrogen) atoms. The van der Waals surface area contributed by atoms with E-state index in [2.05, 4.69) is 127 Å². The first-order valence-corrected chi connectivity index (χ1v) is 39.9. The first kappa shape index (κ1) is 45.5. The van der Waals surface area contributed by atoms with Gasteiger partial charge in [0.05, 0.1) is 0 Å². The van der Waals surface area contributed by atoms with Crippen LogP contribution in [0.15, 0.2) is 70.0 Å². The van der Waals surface area contributed by atoms with Gasteiger partial charge in [0.25, 0.3) is 0 Å². The summed E-state index contributed by atoms with van der Waals surface area (Å²) in [5.41, 5.74) is 2.30. The Balaban J connectivity index is 0. The number of nitrogens with zero attached hydrogens (tertiary/aromatic N) is 4. The van der Waals surface area contributed by atoms with Gasteiger partial charge < -0.3 is 19.3 Å². The monoisotopic (exact) mass is 832 g/mol. The van der Waals surface area contributed by atoms with Crippen molar-refractivity contribution in [1.29, 1.82) is 0 Å². The van der Waals surface area contributed by atoms with Crippen LogP contribution in [0.3, 0.4) is 0 Å². The van der Waals surface area contributed by atoms with Gasteiger partial charge in [-0.2, -0.15) is 0 Å². The fourth-order valence-corrected chi connectivity index (χ4v) is 6.21. The molecule has 0 bridgehead atoms. The van der Waals surface area contributed by atoms with E-state index in [-0.39, 0.29) is 0 Å². The van der Waals surface area contributed by atoms with E-state index < -0.39 is 62.3 Å². The van der Waals surface area contributed by atoms with Gasteiger partial charge in [-0.15, -0.1) is 0 Å². The third kappa shape index (κ3) is 32.8. The molecule has 0 atom stereocenters. The molecule has 0 saturated heterocycles. The molecular formula is C26H46Cl6N4Si4Ti2. The van der Waals surface area contributed by atoms with Crippen LogP contribution in [0.1, 0.15) is 11.1 Å². The van der Waals surface area contributed by atoms with E-state index in [1.165, 1.54) is 0 Å². The molecule has 2 aromatic carbocycles. The fraction of sp³-hybridized carbons (Fsp3) is 0.462. The molecule has 0 radical (unpaired) electrons. The summed E-state index contributed by atoms with van der Waals surface area (Å²) in [7, 11) is 23.9. The second kappa shape index (κ2) is 22.1. The zero-order valence-electron chi connectivity index (χ0n) is 26.8. The van der Waals surface area contributed by atoms with Crippen molar-refractivity contribution in [3.8, 4) is 0 Å². The summed E-state index contributed by atoms with van der Waals surface area (Å²) in [6.07, 6.45) is 0. The van der Waals surface area contributed by atoms with Crippen LogP contribution >= 0.6 is 55.8 Å². The zero-order valence-corrected chi connectivity index (χ0v) is 38.5. The van der Waals surface area contributed by atoms with E-state index in [0.29, 0.717) is 0 Å². The van der Waals surface area contributed by atoms with Crippen molar-refractivity contribution in [2.24, 2.45) is 9.32 Å². The van der Waals surface area contributed by atoms with Crippen molar-refractivity contribution in [3.05, 3.63) is 81.8 Å².